The highest BCUT2D eigenvalue weighted by atomic mass is 35.5. The van der Waals surface area contributed by atoms with E-state index in [9.17, 15) is 13.5 Å². The lowest BCUT2D eigenvalue weighted by Crippen LogP contribution is -2.07. The molecule has 0 saturated carbocycles. The van der Waals surface area contributed by atoms with E-state index in [1.807, 2.05) is 36.4 Å². The Hall–Kier alpha value is -2.21. The third-order valence-electron chi connectivity index (χ3n) is 4.07. The fraction of sp³-hybridized carbons (Fsp3) is 0.100. The molecule has 1 N–H and O–H groups in total. The SMILES string of the molecule is COc1cc(-c2ccccc2)ccc1CS(=O)(=O)c1cc(Cl)cc(Cl)c1O. The molecule has 0 unspecified atom stereocenters. The van der Waals surface area contributed by atoms with Gasteiger partial charge in [-0.3, -0.25) is 0 Å². The molecule has 0 saturated heterocycles. The van der Waals surface area contributed by atoms with Gasteiger partial charge in [0.1, 0.15) is 10.6 Å². The maximum atomic E-state index is 12.8. The Morgan fingerprint density at radius 3 is 2.33 bits per heavy atom. The molecule has 0 amide bonds. The zero-order valence-corrected chi connectivity index (χ0v) is 16.6. The van der Waals surface area contributed by atoms with Crippen molar-refractivity contribution in [2.75, 3.05) is 7.11 Å². The number of sulfone groups is 1. The van der Waals surface area contributed by atoms with Gasteiger partial charge in [-0.05, 0) is 29.3 Å². The van der Waals surface area contributed by atoms with E-state index < -0.39 is 15.6 Å². The first-order valence-corrected chi connectivity index (χ1v) is 10.4. The van der Waals surface area contributed by atoms with Crippen LogP contribution in [0, 0.1) is 0 Å². The van der Waals surface area contributed by atoms with Gasteiger partial charge in [-0.25, -0.2) is 8.42 Å². The van der Waals surface area contributed by atoms with E-state index in [1.54, 1.807) is 12.1 Å². The summed E-state index contributed by atoms with van der Waals surface area (Å²) in [5, 5.41) is 10.1. The first-order chi connectivity index (χ1) is 12.8. The van der Waals surface area contributed by atoms with E-state index in [0.29, 0.717) is 11.3 Å². The normalized spacial score (nSPS) is 11.4. The predicted octanol–water partition coefficient (Wildman–Crippen LogP) is 5.35. The average Bonchev–Trinajstić information content (AvgIpc) is 2.65. The fourth-order valence-corrected chi connectivity index (χ4v) is 4.86. The van der Waals surface area contributed by atoms with Gasteiger partial charge in [0.2, 0.25) is 0 Å². The third-order valence-corrected chi connectivity index (χ3v) is 6.25. The van der Waals surface area contributed by atoms with Gasteiger partial charge in [0.25, 0.3) is 0 Å². The highest BCUT2D eigenvalue weighted by Crippen LogP contribution is 2.37. The van der Waals surface area contributed by atoms with Gasteiger partial charge < -0.3 is 9.84 Å². The number of phenolic OH excluding ortho intramolecular Hbond substituents is 1. The van der Waals surface area contributed by atoms with Crippen molar-refractivity contribution in [2.24, 2.45) is 0 Å². The maximum Gasteiger partial charge on any atom is 0.186 e. The van der Waals surface area contributed by atoms with Crippen LogP contribution in [-0.2, 0) is 15.6 Å². The molecule has 0 radical (unpaired) electrons. The number of halogens is 2. The molecule has 3 aromatic rings. The number of hydrogen-bond donors (Lipinski definition) is 1. The second-order valence-electron chi connectivity index (χ2n) is 5.89. The van der Waals surface area contributed by atoms with Gasteiger partial charge in [0.05, 0.1) is 17.9 Å². The summed E-state index contributed by atoms with van der Waals surface area (Å²) in [5.41, 5.74) is 2.36. The van der Waals surface area contributed by atoms with Crippen LogP contribution in [0.5, 0.6) is 11.5 Å². The van der Waals surface area contributed by atoms with Crippen molar-refractivity contribution in [3.8, 4) is 22.6 Å². The van der Waals surface area contributed by atoms with Crippen molar-refractivity contribution >= 4 is 33.0 Å². The van der Waals surface area contributed by atoms with Crippen LogP contribution >= 0.6 is 23.2 Å². The summed E-state index contributed by atoms with van der Waals surface area (Å²) >= 11 is 11.7. The van der Waals surface area contributed by atoms with E-state index in [1.165, 1.54) is 19.2 Å². The van der Waals surface area contributed by atoms with Crippen molar-refractivity contribution in [1.82, 2.24) is 0 Å². The lowest BCUT2D eigenvalue weighted by atomic mass is 10.0. The summed E-state index contributed by atoms with van der Waals surface area (Å²) in [6.45, 7) is 0. The summed E-state index contributed by atoms with van der Waals surface area (Å²) in [6.07, 6.45) is 0. The minimum absolute atomic E-state index is 0.118. The Morgan fingerprint density at radius 2 is 1.67 bits per heavy atom. The minimum atomic E-state index is -3.90. The standard InChI is InChI=1S/C20H16Cl2O4S/c1-26-18-9-14(13-5-3-2-4-6-13)7-8-15(18)12-27(24,25)19-11-16(21)10-17(22)20(19)23/h2-11,23H,12H2,1H3. The zero-order chi connectivity index (χ0) is 19.6. The van der Waals surface area contributed by atoms with Crippen LogP contribution in [0.2, 0.25) is 10.0 Å². The summed E-state index contributed by atoms with van der Waals surface area (Å²) in [6, 6.07) is 17.5. The molecule has 140 valence electrons. The highest BCUT2D eigenvalue weighted by Gasteiger charge is 2.24. The van der Waals surface area contributed by atoms with Crippen LogP contribution in [0.4, 0.5) is 0 Å². The van der Waals surface area contributed by atoms with E-state index in [4.69, 9.17) is 27.9 Å². The third kappa shape index (κ3) is 4.21. The first-order valence-electron chi connectivity index (χ1n) is 7.95. The molecule has 7 heteroatoms. The van der Waals surface area contributed by atoms with E-state index in [-0.39, 0.29) is 20.7 Å². The predicted molar refractivity (Wildman–Crippen MR) is 107 cm³/mol. The fourth-order valence-electron chi connectivity index (χ4n) is 2.74. The Balaban J connectivity index is 2.00. The molecule has 0 aliphatic carbocycles. The van der Waals surface area contributed by atoms with Crippen LogP contribution in [0.15, 0.2) is 65.6 Å². The number of rotatable bonds is 5. The molecular weight excluding hydrogens is 407 g/mol. The lowest BCUT2D eigenvalue weighted by Gasteiger charge is -2.13. The van der Waals surface area contributed by atoms with Crippen LogP contribution in [0.3, 0.4) is 0 Å². The average molecular weight is 423 g/mol. The molecule has 3 rings (SSSR count). The van der Waals surface area contributed by atoms with Crippen molar-refractivity contribution in [3.05, 3.63) is 76.3 Å². The Morgan fingerprint density at radius 1 is 0.963 bits per heavy atom. The molecule has 27 heavy (non-hydrogen) atoms. The number of ether oxygens (including phenoxy) is 1. The number of methoxy groups -OCH3 is 1. The topological polar surface area (TPSA) is 63.6 Å². The van der Waals surface area contributed by atoms with Gasteiger partial charge in [-0.2, -0.15) is 0 Å². The Kier molecular flexibility index (Phi) is 5.65. The molecule has 0 aliphatic heterocycles. The number of benzene rings is 3. The zero-order valence-electron chi connectivity index (χ0n) is 14.3. The van der Waals surface area contributed by atoms with E-state index in [2.05, 4.69) is 0 Å². The van der Waals surface area contributed by atoms with Gasteiger partial charge in [-0.1, -0.05) is 65.7 Å². The largest absolute Gasteiger partial charge is 0.505 e. The number of aromatic hydroxyl groups is 1. The van der Waals surface area contributed by atoms with Crippen molar-refractivity contribution in [1.29, 1.82) is 0 Å². The molecular formula is C20H16Cl2O4S. The molecule has 0 aromatic heterocycles. The first kappa shape index (κ1) is 19.5. The number of hydrogen-bond acceptors (Lipinski definition) is 4. The minimum Gasteiger partial charge on any atom is -0.505 e. The van der Waals surface area contributed by atoms with Gasteiger partial charge in [-0.15, -0.1) is 0 Å². The lowest BCUT2D eigenvalue weighted by molar-refractivity contribution is 0.411. The van der Waals surface area contributed by atoms with Crippen LogP contribution < -0.4 is 4.74 Å². The quantitative estimate of drug-likeness (QED) is 0.601. The molecule has 0 atom stereocenters. The molecule has 0 spiro atoms. The molecule has 4 nitrogen and oxygen atoms in total. The van der Waals surface area contributed by atoms with Crippen molar-refractivity contribution < 1.29 is 18.3 Å². The smallest absolute Gasteiger partial charge is 0.186 e. The summed E-state index contributed by atoms with van der Waals surface area (Å²) < 4.78 is 31.0. The van der Waals surface area contributed by atoms with Crippen LogP contribution in [0.25, 0.3) is 11.1 Å². The van der Waals surface area contributed by atoms with E-state index >= 15 is 0 Å². The van der Waals surface area contributed by atoms with Gasteiger partial charge >= 0.3 is 0 Å². The van der Waals surface area contributed by atoms with Gasteiger partial charge in [0, 0.05) is 10.6 Å². The summed E-state index contributed by atoms with van der Waals surface area (Å²) in [5.74, 6) is -0.441. The molecule has 0 fully saturated rings. The highest BCUT2D eigenvalue weighted by molar-refractivity contribution is 7.90. The molecule has 0 bridgehead atoms. The second kappa shape index (κ2) is 7.80. The Labute approximate surface area is 167 Å². The van der Waals surface area contributed by atoms with Gasteiger partial charge in [0.15, 0.2) is 15.6 Å². The molecule has 3 aromatic carbocycles. The molecule has 0 aliphatic rings. The van der Waals surface area contributed by atoms with Crippen molar-refractivity contribution in [2.45, 2.75) is 10.6 Å². The Bertz CT molecular complexity index is 1080. The maximum absolute atomic E-state index is 12.8. The number of phenols is 1. The monoisotopic (exact) mass is 422 g/mol. The van der Waals surface area contributed by atoms with Crippen LogP contribution in [0.1, 0.15) is 5.56 Å². The molecule has 0 heterocycles. The second-order valence-corrected chi connectivity index (χ2v) is 8.69. The van der Waals surface area contributed by atoms with E-state index in [0.717, 1.165) is 11.1 Å². The van der Waals surface area contributed by atoms with Crippen molar-refractivity contribution in [3.63, 3.8) is 0 Å². The van der Waals surface area contributed by atoms with Crippen LogP contribution in [-0.4, -0.2) is 20.6 Å². The summed E-state index contributed by atoms with van der Waals surface area (Å²) in [7, 11) is -2.42. The summed E-state index contributed by atoms with van der Waals surface area (Å²) in [4.78, 5) is -0.311.